The van der Waals surface area contributed by atoms with E-state index in [0.29, 0.717) is 12.8 Å². The number of Topliss-reactive ketones (excluding diaryl/α,β-unsaturated/α-hetero) is 1. The van der Waals surface area contributed by atoms with Gasteiger partial charge in [-0.1, -0.05) is 33.8 Å². The lowest BCUT2D eigenvalue weighted by molar-refractivity contribution is -0.207. The molecule has 5 nitrogen and oxygen atoms in total. The number of carbonyl (C=O) groups is 2. The maximum Gasteiger partial charge on any atom is 0.332 e. The molecule has 3 rings (SSSR count). The second-order valence-electron chi connectivity index (χ2n) is 9.72. The molecule has 0 spiro atoms. The van der Waals surface area contributed by atoms with Gasteiger partial charge < -0.3 is 14.9 Å². The van der Waals surface area contributed by atoms with E-state index in [1.807, 2.05) is 6.92 Å². The lowest BCUT2D eigenvalue weighted by Crippen LogP contribution is -2.63. The van der Waals surface area contributed by atoms with Crippen LogP contribution in [0.15, 0.2) is 12.7 Å². The molecule has 3 unspecified atom stereocenters. The van der Waals surface area contributed by atoms with Gasteiger partial charge in [0.05, 0.1) is 6.10 Å². The number of esters is 1. The number of hydrogen-bond donors (Lipinski definition) is 2. The minimum Gasteiger partial charge on any atom is -0.460 e. The van der Waals surface area contributed by atoms with Crippen LogP contribution in [0.4, 0.5) is 0 Å². The SMILES string of the molecule is C=C[C@]1(C)C[C@@H](OC(=O)CO)C2(C)C(C)CCC3(CCC(=O)[C@H]32)[C@@H](C)[C@@H]1O. The Morgan fingerprint density at radius 1 is 1.33 bits per heavy atom. The predicted molar refractivity (Wildman–Crippen MR) is 102 cm³/mol. The molecule has 3 saturated carbocycles. The standard InChI is InChI=1S/C22H34O5/c1-6-20(4)11-16(27-17(25)12-23)21(5)13(2)7-9-22(14(3)19(20)26)10-8-15(24)18(21)22/h6,13-14,16,18-19,23,26H,1,7-12H2,2-5H3/t13?,14-,16+,18-,19-,20+,21?,22?/m0/s1. The van der Waals surface area contributed by atoms with Crippen LogP contribution in [0.1, 0.15) is 59.8 Å². The lowest BCUT2D eigenvalue weighted by Gasteiger charge is -2.61. The number of ether oxygens (including phenoxy) is 1. The molecule has 8 atom stereocenters. The van der Waals surface area contributed by atoms with Crippen molar-refractivity contribution in [3.05, 3.63) is 12.7 Å². The Kier molecular flexibility index (Phi) is 5.09. The van der Waals surface area contributed by atoms with Crippen LogP contribution in [-0.4, -0.2) is 40.8 Å². The zero-order valence-corrected chi connectivity index (χ0v) is 17.0. The van der Waals surface area contributed by atoms with Gasteiger partial charge in [-0.3, -0.25) is 4.79 Å². The number of carbonyl (C=O) groups excluding carboxylic acids is 2. The molecule has 2 N–H and O–H groups in total. The molecule has 27 heavy (non-hydrogen) atoms. The maximum atomic E-state index is 13.1. The third-order valence-corrected chi connectivity index (χ3v) is 8.70. The number of rotatable bonds is 3. The fraction of sp³-hybridized carbons (Fsp3) is 0.818. The van der Waals surface area contributed by atoms with Gasteiger partial charge in [0.1, 0.15) is 18.5 Å². The fourth-order valence-corrected chi connectivity index (χ4v) is 6.70. The number of aliphatic hydroxyl groups excluding tert-OH is 2. The minimum atomic E-state index is -0.686. The van der Waals surface area contributed by atoms with E-state index in [9.17, 15) is 19.8 Å². The summed E-state index contributed by atoms with van der Waals surface area (Å²) < 4.78 is 5.77. The van der Waals surface area contributed by atoms with Crippen LogP contribution in [0, 0.1) is 34.0 Å². The van der Waals surface area contributed by atoms with Crippen molar-refractivity contribution in [1.29, 1.82) is 0 Å². The Labute approximate surface area is 162 Å². The fourth-order valence-electron chi connectivity index (χ4n) is 6.70. The third kappa shape index (κ3) is 2.72. The summed E-state index contributed by atoms with van der Waals surface area (Å²) in [5.74, 6) is -0.520. The van der Waals surface area contributed by atoms with Crippen molar-refractivity contribution in [3.8, 4) is 0 Å². The zero-order valence-electron chi connectivity index (χ0n) is 17.0. The van der Waals surface area contributed by atoms with Gasteiger partial charge in [-0.15, -0.1) is 6.58 Å². The summed E-state index contributed by atoms with van der Waals surface area (Å²) in [4.78, 5) is 25.2. The first-order valence-corrected chi connectivity index (χ1v) is 10.2. The topological polar surface area (TPSA) is 83.8 Å². The van der Waals surface area contributed by atoms with Gasteiger partial charge in [-0.05, 0) is 42.9 Å². The molecular formula is C22H34O5. The second-order valence-corrected chi connectivity index (χ2v) is 9.72. The monoisotopic (exact) mass is 378 g/mol. The van der Waals surface area contributed by atoms with E-state index in [0.717, 1.165) is 19.3 Å². The molecule has 0 heterocycles. The number of hydrogen-bond acceptors (Lipinski definition) is 5. The average Bonchev–Trinajstić information content (AvgIpc) is 3.00. The van der Waals surface area contributed by atoms with E-state index < -0.39 is 35.6 Å². The van der Waals surface area contributed by atoms with E-state index in [4.69, 9.17) is 4.74 Å². The van der Waals surface area contributed by atoms with Gasteiger partial charge >= 0.3 is 5.97 Å². The van der Waals surface area contributed by atoms with Crippen LogP contribution < -0.4 is 0 Å². The minimum absolute atomic E-state index is 0.0433. The summed E-state index contributed by atoms with van der Waals surface area (Å²) in [6, 6.07) is 0. The summed E-state index contributed by atoms with van der Waals surface area (Å²) >= 11 is 0. The molecule has 0 aliphatic heterocycles. The number of aliphatic hydroxyl groups is 2. The van der Waals surface area contributed by atoms with Crippen LogP contribution >= 0.6 is 0 Å². The maximum absolute atomic E-state index is 13.1. The molecule has 5 heteroatoms. The molecule has 0 aromatic heterocycles. The summed E-state index contributed by atoms with van der Waals surface area (Å²) in [5, 5.41) is 20.6. The first kappa shape index (κ1) is 20.5. The second kappa shape index (κ2) is 6.70. The Bertz CT molecular complexity index is 645. The van der Waals surface area contributed by atoms with Gasteiger partial charge in [-0.25, -0.2) is 4.79 Å². The lowest BCUT2D eigenvalue weighted by atomic mass is 9.44. The molecule has 152 valence electrons. The molecule has 3 aliphatic carbocycles. The van der Waals surface area contributed by atoms with Gasteiger partial charge in [0.2, 0.25) is 0 Å². The first-order chi connectivity index (χ1) is 12.6. The van der Waals surface area contributed by atoms with Crippen LogP contribution in [0.5, 0.6) is 0 Å². The van der Waals surface area contributed by atoms with Crippen molar-refractivity contribution in [2.45, 2.75) is 72.0 Å². The average molecular weight is 379 g/mol. The van der Waals surface area contributed by atoms with Crippen molar-refractivity contribution in [2.75, 3.05) is 6.61 Å². The largest absolute Gasteiger partial charge is 0.460 e. The molecule has 0 amide bonds. The molecule has 0 radical (unpaired) electrons. The Hall–Kier alpha value is -1.20. The zero-order chi connectivity index (χ0) is 20.2. The highest BCUT2D eigenvalue weighted by Crippen LogP contribution is 2.67. The van der Waals surface area contributed by atoms with Crippen molar-refractivity contribution >= 4 is 11.8 Å². The normalized spacial score (nSPS) is 49.7. The molecular weight excluding hydrogens is 344 g/mol. The summed E-state index contributed by atoms with van der Waals surface area (Å²) in [5.41, 5.74) is -1.43. The molecule has 2 bridgehead atoms. The quantitative estimate of drug-likeness (QED) is 0.583. The first-order valence-electron chi connectivity index (χ1n) is 10.2. The third-order valence-electron chi connectivity index (χ3n) is 8.70. The smallest absolute Gasteiger partial charge is 0.332 e. The van der Waals surface area contributed by atoms with Crippen molar-refractivity contribution < 1.29 is 24.5 Å². The molecule has 0 aromatic carbocycles. The Morgan fingerprint density at radius 2 is 2.00 bits per heavy atom. The van der Waals surface area contributed by atoms with Crippen molar-refractivity contribution in [1.82, 2.24) is 0 Å². The van der Waals surface area contributed by atoms with Crippen molar-refractivity contribution in [3.63, 3.8) is 0 Å². The molecule has 3 aliphatic rings. The van der Waals surface area contributed by atoms with Crippen LogP contribution in [-0.2, 0) is 14.3 Å². The summed E-state index contributed by atoms with van der Waals surface area (Å²) in [6.45, 7) is 11.5. The molecule has 0 aromatic rings. The number of ketones is 1. The van der Waals surface area contributed by atoms with Crippen LogP contribution in [0.2, 0.25) is 0 Å². The van der Waals surface area contributed by atoms with E-state index in [2.05, 4.69) is 27.4 Å². The predicted octanol–water partition coefficient (Wildman–Crippen LogP) is 2.89. The van der Waals surface area contributed by atoms with Gasteiger partial charge in [0.15, 0.2) is 0 Å². The van der Waals surface area contributed by atoms with E-state index in [1.165, 1.54) is 0 Å². The highest BCUT2D eigenvalue weighted by molar-refractivity contribution is 5.85. The Morgan fingerprint density at radius 3 is 2.59 bits per heavy atom. The van der Waals surface area contributed by atoms with E-state index in [1.54, 1.807) is 6.08 Å². The Balaban J connectivity index is 2.21. The van der Waals surface area contributed by atoms with Crippen molar-refractivity contribution in [2.24, 2.45) is 34.0 Å². The summed E-state index contributed by atoms with van der Waals surface area (Å²) in [7, 11) is 0. The highest BCUT2D eigenvalue weighted by atomic mass is 16.6. The van der Waals surface area contributed by atoms with Gasteiger partial charge in [-0.2, -0.15) is 0 Å². The summed E-state index contributed by atoms with van der Waals surface area (Å²) in [6.07, 6.45) is 4.10. The van der Waals surface area contributed by atoms with Crippen LogP contribution in [0.3, 0.4) is 0 Å². The molecule has 0 saturated heterocycles. The van der Waals surface area contributed by atoms with Gasteiger partial charge in [0, 0.05) is 23.2 Å². The molecule has 3 fully saturated rings. The van der Waals surface area contributed by atoms with E-state index in [-0.39, 0.29) is 29.0 Å². The van der Waals surface area contributed by atoms with Gasteiger partial charge in [0.25, 0.3) is 0 Å². The van der Waals surface area contributed by atoms with Crippen LogP contribution in [0.25, 0.3) is 0 Å². The van der Waals surface area contributed by atoms with E-state index >= 15 is 0 Å². The highest BCUT2D eigenvalue weighted by Gasteiger charge is 2.68.